The maximum Gasteiger partial charge on any atom is 0.145 e. The topological polar surface area (TPSA) is 9.23 Å². The Kier molecular flexibility index (Phi) is 22.1. The Labute approximate surface area is 69.1 Å². The van der Waals surface area contributed by atoms with Crippen molar-refractivity contribution in [1.82, 2.24) is 0 Å². The molecule has 0 bridgehead atoms. The lowest BCUT2D eigenvalue weighted by Gasteiger charge is -1.77. The summed E-state index contributed by atoms with van der Waals surface area (Å²) in [7, 11) is 3.81. The van der Waals surface area contributed by atoms with Gasteiger partial charge in [0, 0.05) is 15.6 Å². The molecule has 1 nitrogen and oxygen atoms in total. The molecule has 0 fully saturated rings. The molecule has 0 atom stereocenters. The Bertz CT molecular complexity index is 31.7. The molecule has 0 rings (SSSR count). The maximum absolute atomic E-state index is 4.68. The van der Waals surface area contributed by atoms with Gasteiger partial charge in [0.25, 0.3) is 0 Å². The fourth-order valence-corrected chi connectivity index (χ4v) is 9.55. The average molecular weight is 197 g/mol. The van der Waals surface area contributed by atoms with Crippen LogP contribution in [0.5, 0.6) is 0 Å². The first-order valence-corrected chi connectivity index (χ1v) is 15.3. The molecule has 0 amide bonds. The van der Waals surface area contributed by atoms with E-state index in [4.69, 9.17) is 0 Å². The molecule has 58 valence electrons. The molecule has 0 aromatic rings. The second kappa shape index (κ2) is 15.9. The molecule has 0 unspecified atom stereocenters. The molecule has 0 aliphatic rings. The zero-order chi connectivity index (χ0) is 7.54. The van der Waals surface area contributed by atoms with Crippen LogP contribution in [-0.4, -0.2) is 44.4 Å². The zero-order valence-electron chi connectivity index (χ0n) is 7.24. The van der Waals surface area contributed by atoms with Crippen molar-refractivity contribution < 1.29 is 4.43 Å². The second-order valence-corrected chi connectivity index (χ2v) is 19.3. The molecule has 0 heterocycles. The van der Waals surface area contributed by atoms with Gasteiger partial charge in [-0.2, -0.15) is 0 Å². The van der Waals surface area contributed by atoms with Gasteiger partial charge >= 0.3 is 0 Å². The number of rotatable bonds is 3. The third kappa shape index (κ3) is 28.1. The third-order valence-corrected chi connectivity index (χ3v) is 13.6. The summed E-state index contributed by atoms with van der Waals surface area (Å²) in [6.07, 6.45) is 0. The van der Waals surface area contributed by atoms with E-state index in [9.17, 15) is 0 Å². The van der Waals surface area contributed by atoms with Crippen molar-refractivity contribution in [2.75, 3.05) is 6.61 Å². The van der Waals surface area contributed by atoms with Crippen LogP contribution in [0.3, 0.4) is 0 Å². The molecule has 0 aliphatic heterocycles. The first kappa shape index (κ1) is 12.5. The molecule has 0 aromatic carbocycles. The largest absolute Gasteiger partial charge is 0.428 e. The SMILES string of the molecule is CCO[SiH3].CC[SiH2][SiH2][SiH3]. The number of hydrogen-bond donors (Lipinski definition) is 0. The Morgan fingerprint density at radius 2 is 1.89 bits per heavy atom. The highest BCUT2D eigenvalue weighted by Crippen LogP contribution is 1.63. The van der Waals surface area contributed by atoms with Crippen LogP contribution in [0.1, 0.15) is 13.8 Å². The lowest BCUT2D eigenvalue weighted by molar-refractivity contribution is 0.375. The lowest BCUT2D eigenvalue weighted by atomic mass is 10.9. The van der Waals surface area contributed by atoms with Gasteiger partial charge in [0.1, 0.15) is 10.5 Å². The highest BCUT2D eigenvalue weighted by atomic mass is 29.5. The monoisotopic (exact) mass is 196 g/mol. The van der Waals surface area contributed by atoms with Crippen LogP contribution >= 0.6 is 0 Å². The van der Waals surface area contributed by atoms with E-state index in [0.29, 0.717) is 17.6 Å². The summed E-state index contributed by atoms with van der Waals surface area (Å²) in [6, 6.07) is 1.58. The fraction of sp³-hybridized carbons (Fsp3) is 1.00. The minimum atomic E-state index is 0.633. The van der Waals surface area contributed by atoms with Crippen LogP contribution in [0.4, 0.5) is 0 Å². The lowest BCUT2D eigenvalue weighted by Crippen LogP contribution is -1.98. The van der Waals surface area contributed by atoms with E-state index in [1.165, 1.54) is 0 Å². The smallest absolute Gasteiger partial charge is 0.145 e. The summed E-state index contributed by atoms with van der Waals surface area (Å²) in [6.45, 7) is 5.20. The van der Waals surface area contributed by atoms with Gasteiger partial charge < -0.3 is 4.43 Å². The standard InChI is InChI=1S/C2H8OSi.C2H12Si3/c1-2-3-4;1-2-4-5-3/h2H2,1,4H3;2,4-5H2,1,3H3. The highest BCUT2D eigenvalue weighted by Gasteiger charge is 1.71. The minimum absolute atomic E-state index is 0.633. The molecule has 0 saturated carbocycles. The molecule has 0 saturated heterocycles. The van der Waals surface area contributed by atoms with Crippen LogP contribution in [0.25, 0.3) is 0 Å². The van der Waals surface area contributed by atoms with Gasteiger partial charge in [0.05, 0.1) is 0 Å². The minimum Gasteiger partial charge on any atom is -0.428 e. The van der Waals surface area contributed by atoms with Gasteiger partial charge in [0.2, 0.25) is 0 Å². The summed E-state index contributed by atoms with van der Waals surface area (Å²) in [5.74, 6) is 0. The molecule has 0 N–H and O–H groups in total. The van der Waals surface area contributed by atoms with Gasteiger partial charge in [-0.15, -0.1) is 0 Å². The maximum atomic E-state index is 4.68. The van der Waals surface area contributed by atoms with Gasteiger partial charge in [-0.3, -0.25) is 0 Å². The van der Waals surface area contributed by atoms with Crippen LogP contribution in [-0.2, 0) is 4.43 Å². The van der Waals surface area contributed by atoms with Crippen molar-refractivity contribution in [3.05, 3.63) is 0 Å². The quantitative estimate of drug-likeness (QED) is 0.445. The molecular formula is C4H20OSi4. The first-order valence-electron chi connectivity index (χ1n) is 3.82. The Balaban J connectivity index is 0. The highest BCUT2D eigenvalue weighted by molar-refractivity contribution is 7.23. The van der Waals surface area contributed by atoms with Crippen LogP contribution in [0.2, 0.25) is 6.04 Å². The summed E-state index contributed by atoms with van der Waals surface area (Å²) in [5, 5.41) is 0. The number of hydrogen-bond acceptors (Lipinski definition) is 1. The zero-order valence-corrected chi connectivity index (χ0v) is 14.1. The van der Waals surface area contributed by atoms with E-state index in [2.05, 4.69) is 11.3 Å². The Morgan fingerprint density at radius 3 is 1.89 bits per heavy atom. The van der Waals surface area contributed by atoms with E-state index < -0.39 is 0 Å². The van der Waals surface area contributed by atoms with E-state index in [1.54, 1.807) is 15.8 Å². The second-order valence-electron chi connectivity index (χ2n) is 1.93. The van der Waals surface area contributed by atoms with Gasteiger partial charge in [-0.05, 0) is 25.2 Å². The van der Waals surface area contributed by atoms with Crippen LogP contribution in [0.15, 0.2) is 0 Å². The van der Waals surface area contributed by atoms with Crippen molar-refractivity contribution in [1.29, 1.82) is 0 Å². The van der Waals surface area contributed by atoms with Crippen molar-refractivity contribution in [2.45, 2.75) is 19.9 Å². The van der Waals surface area contributed by atoms with Gasteiger partial charge in [-0.25, -0.2) is 0 Å². The van der Waals surface area contributed by atoms with E-state index in [-0.39, 0.29) is 0 Å². The molecule has 5 heteroatoms. The predicted molar refractivity (Wildman–Crippen MR) is 59.1 cm³/mol. The van der Waals surface area contributed by atoms with Crippen molar-refractivity contribution in [3.8, 4) is 0 Å². The van der Waals surface area contributed by atoms with Gasteiger partial charge in [0.15, 0.2) is 0 Å². The average Bonchev–Trinajstić information content (AvgIpc) is 1.91. The van der Waals surface area contributed by atoms with E-state index in [0.717, 1.165) is 17.1 Å². The van der Waals surface area contributed by atoms with E-state index in [1.807, 2.05) is 6.92 Å². The molecule has 0 aromatic heterocycles. The van der Waals surface area contributed by atoms with Crippen molar-refractivity contribution in [2.24, 2.45) is 0 Å². The third-order valence-electron chi connectivity index (χ3n) is 0.996. The first-order chi connectivity index (χ1) is 4.33. The Hall–Kier alpha value is 0.828. The van der Waals surface area contributed by atoms with Crippen LogP contribution in [0, 0.1) is 0 Å². The van der Waals surface area contributed by atoms with Crippen molar-refractivity contribution in [3.63, 3.8) is 0 Å². The normalized spacial score (nSPS) is 11.3. The predicted octanol–water partition coefficient (Wildman–Crippen LogP) is -2.74. The summed E-state index contributed by atoms with van der Waals surface area (Å²) in [5.41, 5.74) is 0. The molecule has 0 radical (unpaired) electrons. The summed E-state index contributed by atoms with van der Waals surface area (Å²) >= 11 is 0. The molecule has 0 spiro atoms. The fourth-order valence-electron chi connectivity index (χ4n) is 0.354. The summed E-state index contributed by atoms with van der Waals surface area (Å²) in [4.78, 5) is 0. The van der Waals surface area contributed by atoms with E-state index >= 15 is 0 Å². The van der Waals surface area contributed by atoms with Crippen molar-refractivity contribution >= 4 is 37.8 Å². The Morgan fingerprint density at radius 1 is 1.44 bits per heavy atom. The molecular weight excluding hydrogens is 176 g/mol. The van der Waals surface area contributed by atoms with Gasteiger partial charge in [-0.1, -0.05) is 13.0 Å². The summed E-state index contributed by atoms with van der Waals surface area (Å²) < 4.78 is 4.68. The molecule has 9 heavy (non-hydrogen) atoms. The van der Waals surface area contributed by atoms with Crippen LogP contribution < -0.4 is 0 Å². The molecule has 0 aliphatic carbocycles.